The summed E-state index contributed by atoms with van der Waals surface area (Å²) in [6, 6.07) is 19.1. The number of para-hydroxylation sites is 1. The molecule has 43 heavy (non-hydrogen) atoms. The summed E-state index contributed by atoms with van der Waals surface area (Å²) in [5, 5.41) is 20.3. The highest BCUT2D eigenvalue weighted by atomic mass is 32.2. The third kappa shape index (κ3) is 5.35. The highest BCUT2D eigenvalue weighted by Crippen LogP contribution is 2.45. The Balaban J connectivity index is 1.37. The highest BCUT2D eigenvalue weighted by Gasteiger charge is 2.47. The third-order valence-corrected chi connectivity index (χ3v) is 8.93. The zero-order valence-corrected chi connectivity index (χ0v) is 24.6. The quantitative estimate of drug-likeness (QED) is 0.101. The first-order valence-corrected chi connectivity index (χ1v) is 15.0. The summed E-state index contributed by atoms with van der Waals surface area (Å²) in [6.07, 6.45) is 0. The van der Waals surface area contributed by atoms with Gasteiger partial charge in [-0.2, -0.15) is 0 Å². The van der Waals surface area contributed by atoms with Gasteiger partial charge in [0.2, 0.25) is 10.9 Å². The molecule has 0 aliphatic carbocycles. The Labute approximate surface area is 253 Å². The van der Waals surface area contributed by atoms with Crippen molar-refractivity contribution in [3.63, 3.8) is 0 Å². The summed E-state index contributed by atoms with van der Waals surface area (Å²) in [4.78, 5) is 28.8. The van der Waals surface area contributed by atoms with Crippen LogP contribution in [0.2, 0.25) is 0 Å². The Bertz CT molecular complexity index is 1870. The van der Waals surface area contributed by atoms with Gasteiger partial charge >= 0.3 is 0 Å². The molecule has 6 rings (SSSR count). The lowest BCUT2D eigenvalue weighted by Crippen LogP contribution is -2.31. The van der Waals surface area contributed by atoms with Crippen LogP contribution in [0, 0.1) is 5.82 Å². The number of furan rings is 1. The van der Waals surface area contributed by atoms with E-state index in [1.54, 1.807) is 66.7 Å². The fraction of sp³-hybridized carbons (Fsp3) is 0.161. The van der Waals surface area contributed by atoms with E-state index in [2.05, 4.69) is 10.2 Å². The van der Waals surface area contributed by atoms with Crippen LogP contribution in [0.4, 0.5) is 9.52 Å². The van der Waals surface area contributed by atoms with Crippen LogP contribution in [-0.4, -0.2) is 40.7 Å². The van der Waals surface area contributed by atoms with Gasteiger partial charge in [0.15, 0.2) is 27.2 Å². The van der Waals surface area contributed by atoms with Gasteiger partial charge < -0.3 is 19.0 Å². The summed E-state index contributed by atoms with van der Waals surface area (Å²) in [7, 11) is 1.49. The van der Waals surface area contributed by atoms with Gasteiger partial charge in [-0.25, -0.2) is 4.39 Å². The molecule has 3 heterocycles. The minimum Gasteiger partial charge on any atom is -0.503 e. The Kier molecular flexibility index (Phi) is 7.87. The van der Waals surface area contributed by atoms with Crippen molar-refractivity contribution in [3.05, 3.63) is 107 Å². The number of anilines is 1. The number of carbonyl (C=O) groups excluding carboxylic acids is 2. The smallest absolute Gasteiger partial charge is 0.296 e. The van der Waals surface area contributed by atoms with E-state index in [0.717, 1.165) is 11.3 Å². The Morgan fingerprint density at radius 3 is 2.65 bits per heavy atom. The van der Waals surface area contributed by atoms with Crippen molar-refractivity contribution in [1.82, 2.24) is 10.2 Å². The molecule has 0 saturated heterocycles. The summed E-state index contributed by atoms with van der Waals surface area (Å²) < 4.78 is 31.4. The minimum atomic E-state index is -1.04. The molecule has 0 radical (unpaired) electrons. The maximum absolute atomic E-state index is 14.1. The molecular formula is C31H24FN3O6S2. The second-order valence-electron chi connectivity index (χ2n) is 9.39. The number of hydrogen-bond donors (Lipinski definition) is 1. The van der Waals surface area contributed by atoms with Crippen LogP contribution >= 0.6 is 23.1 Å². The SMILES string of the molecule is CCOc1ccc(C2C(C(=O)c3cc4cccc(OC)c4o3)=C(O)C(=O)N2c2nnc(SCc3ccccc3F)s2)cc1. The zero-order valence-electron chi connectivity index (χ0n) is 22.9. The number of aromatic nitrogens is 2. The molecule has 1 N–H and O–H groups in total. The first kappa shape index (κ1) is 28.4. The van der Waals surface area contributed by atoms with E-state index < -0.39 is 23.5 Å². The van der Waals surface area contributed by atoms with Gasteiger partial charge in [-0.3, -0.25) is 14.5 Å². The fourth-order valence-electron chi connectivity index (χ4n) is 4.82. The van der Waals surface area contributed by atoms with E-state index >= 15 is 0 Å². The number of halogens is 1. The van der Waals surface area contributed by atoms with Gasteiger partial charge in [-0.05, 0) is 48.4 Å². The number of Topliss-reactive ketones (excluding diaryl/α,β-unsaturated/α-hetero) is 1. The van der Waals surface area contributed by atoms with Gasteiger partial charge in [0, 0.05) is 11.1 Å². The lowest BCUT2D eigenvalue weighted by atomic mass is 9.95. The number of ketones is 1. The van der Waals surface area contributed by atoms with Crippen molar-refractivity contribution >= 4 is 50.9 Å². The van der Waals surface area contributed by atoms with Gasteiger partial charge in [-0.1, -0.05) is 65.6 Å². The standard InChI is InChI=1S/C31H24FN3O6S2/c1-3-40-20-13-11-17(12-14-20)25-24(26(36)23-15-18-8-6-10-22(39-2)28(18)41-23)27(37)29(38)35(25)30-33-34-31(43-30)42-16-19-7-4-5-9-21(19)32/h4-15,25,37H,3,16H2,1-2H3. The van der Waals surface area contributed by atoms with E-state index in [0.29, 0.717) is 50.3 Å². The van der Waals surface area contributed by atoms with Gasteiger partial charge in [0.25, 0.3) is 5.91 Å². The number of hydrogen-bond acceptors (Lipinski definition) is 10. The van der Waals surface area contributed by atoms with Crippen molar-refractivity contribution < 1.29 is 33.0 Å². The van der Waals surface area contributed by atoms with Gasteiger partial charge in [0.1, 0.15) is 11.6 Å². The number of nitrogens with zero attached hydrogens (tertiary/aromatic N) is 3. The molecule has 0 bridgehead atoms. The number of ether oxygens (including phenoxy) is 2. The zero-order chi connectivity index (χ0) is 30.1. The normalized spacial score (nSPS) is 15.0. The van der Waals surface area contributed by atoms with E-state index in [-0.39, 0.29) is 22.3 Å². The molecule has 0 fully saturated rings. The molecule has 1 aliphatic heterocycles. The summed E-state index contributed by atoms with van der Waals surface area (Å²) >= 11 is 2.36. The highest BCUT2D eigenvalue weighted by molar-refractivity contribution is 8.00. The topological polar surface area (TPSA) is 115 Å². The third-order valence-electron chi connectivity index (χ3n) is 6.82. The van der Waals surface area contributed by atoms with E-state index in [9.17, 15) is 19.1 Å². The Hall–Kier alpha value is -4.68. The summed E-state index contributed by atoms with van der Waals surface area (Å²) in [6.45, 7) is 2.33. The lowest BCUT2D eigenvalue weighted by molar-refractivity contribution is -0.117. The second-order valence-corrected chi connectivity index (χ2v) is 11.6. The van der Waals surface area contributed by atoms with Crippen molar-refractivity contribution in [1.29, 1.82) is 0 Å². The van der Waals surface area contributed by atoms with Crippen LogP contribution in [0.1, 0.15) is 34.6 Å². The molecule has 2 aromatic heterocycles. The van der Waals surface area contributed by atoms with E-state index in [1.807, 2.05) is 6.92 Å². The molecule has 1 amide bonds. The number of carbonyl (C=O) groups is 2. The second kappa shape index (κ2) is 11.9. The number of rotatable bonds is 10. The fourth-order valence-corrected chi connectivity index (χ4v) is 6.67. The van der Waals surface area contributed by atoms with E-state index in [1.165, 1.54) is 29.8 Å². The largest absolute Gasteiger partial charge is 0.503 e. The number of methoxy groups -OCH3 is 1. The van der Waals surface area contributed by atoms with Crippen molar-refractivity contribution in [2.45, 2.75) is 23.1 Å². The van der Waals surface area contributed by atoms with Crippen LogP contribution in [0.3, 0.4) is 0 Å². The summed E-state index contributed by atoms with van der Waals surface area (Å²) in [5.41, 5.74) is 1.24. The van der Waals surface area contributed by atoms with Crippen LogP contribution in [0.15, 0.2) is 92.9 Å². The molecular weight excluding hydrogens is 593 g/mol. The van der Waals surface area contributed by atoms with Crippen LogP contribution < -0.4 is 14.4 Å². The maximum Gasteiger partial charge on any atom is 0.296 e. The number of benzene rings is 3. The van der Waals surface area contributed by atoms with Crippen molar-refractivity contribution in [2.75, 3.05) is 18.6 Å². The van der Waals surface area contributed by atoms with Crippen LogP contribution in [-0.2, 0) is 10.5 Å². The molecule has 0 saturated carbocycles. The minimum absolute atomic E-state index is 0.0648. The Morgan fingerprint density at radius 2 is 1.91 bits per heavy atom. The Morgan fingerprint density at radius 1 is 1.12 bits per heavy atom. The molecule has 1 unspecified atom stereocenters. The first-order chi connectivity index (χ1) is 20.9. The van der Waals surface area contributed by atoms with Crippen molar-refractivity contribution in [2.24, 2.45) is 0 Å². The number of fused-ring (bicyclic) bond motifs is 1. The van der Waals surface area contributed by atoms with Crippen molar-refractivity contribution in [3.8, 4) is 11.5 Å². The summed E-state index contributed by atoms with van der Waals surface area (Å²) in [5.74, 6) is -1.23. The molecule has 1 aliphatic rings. The number of aliphatic hydroxyl groups is 1. The molecule has 9 nitrogen and oxygen atoms in total. The number of thioether (sulfide) groups is 1. The molecule has 1 atom stereocenters. The molecule has 218 valence electrons. The molecule has 3 aromatic carbocycles. The number of amides is 1. The maximum atomic E-state index is 14.1. The monoisotopic (exact) mass is 617 g/mol. The lowest BCUT2D eigenvalue weighted by Gasteiger charge is -2.24. The van der Waals surface area contributed by atoms with Gasteiger partial charge in [0.05, 0.1) is 25.3 Å². The predicted molar refractivity (Wildman–Crippen MR) is 160 cm³/mol. The average Bonchev–Trinajstić information content (AvgIpc) is 3.73. The molecule has 0 spiro atoms. The predicted octanol–water partition coefficient (Wildman–Crippen LogP) is 6.91. The van der Waals surface area contributed by atoms with Crippen LogP contribution in [0.5, 0.6) is 11.5 Å². The number of aliphatic hydroxyl groups excluding tert-OH is 1. The van der Waals surface area contributed by atoms with E-state index in [4.69, 9.17) is 13.9 Å². The average molecular weight is 618 g/mol. The molecule has 12 heteroatoms. The molecule has 5 aromatic rings. The first-order valence-electron chi connectivity index (χ1n) is 13.2. The van der Waals surface area contributed by atoms with Crippen LogP contribution in [0.25, 0.3) is 11.0 Å². The van der Waals surface area contributed by atoms with Gasteiger partial charge in [-0.15, -0.1) is 10.2 Å².